The quantitative estimate of drug-likeness (QED) is 0.453. The number of unbranched alkanes of at least 4 members (excludes halogenated alkanes) is 1. The van der Waals surface area contributed by atoms with Gasteiger partial charge in [-0.25, -0.2) is 0 Å². The molecule has 1 aliphatic carbocycles. The predicted molar refractivity (Wildman–Crippen MR) is 94.5 cm³/mol. The molecule has 0 spiro atoms. The Kier molecular flexibility index (Phi) is 22.2. The predicted octanol–water partition coefficient (Wildman–Crippen LogP) is 5.64. The van der Waals surface area contributed by atoms with Crippen molar-refractivity contribution in [3.8, 4) is 0 Å². The van der Waals surface area contributed by atoms with Gasteiger partial charge in [0.1, 0.15) is 5.59 Å². The third-order valence-corrected chi connectivity index (χ3v) is 3.05. The van der Waals surface area contributed by atoms with E-state index in [9.17, 15) is 0 Å². The maximum atomic E-state index is 7.25. The average molecular weight is 475 g/mol. The van der Waals surface area contributed by atoms with Crippen LogP contribution in [0.5, 0.6) is 0 Å². The molecule has 0 N–H and O–H groups in total. The van der Waals surface area contributed by atoms with Crippen molar-refractivity contribution in [2.24, 2.45) is 5.41 Å². The number of rotatable bonds is 1. The van der Waals surface area contributed by atoms with E-state index >= 15 is 0 Å². The van der Waals surface area contributed by atoms with Crippen LogP contribution in [0.15, 0.2) is 0 Å². The summed E-state index contributed by atoms with van der Waals surface area (Å²) in [6.07, 6.45) is 3.64. The Morgan fingerprint density at radius 1 is 0.864 bits per heavy atom. The molecular formula is C19H33NOW+. The molecule has 0 amide bonds. The van der Waals surface area contributed by atoms with Crippen LogP contribution in [-0.4, -0.2) is 0 Å². The van der Waals surface area contributed by atoms with E-state index < -0.39 is 0 Å². The smallest absolute Gasteiger partial charge is 0.338 e. The van der Waals surface area contributed by atoms with E-state index in [0.717, 1.165) is 0 Å². The minimum Gasteiger partial charge on any atom is -0.338 e. The van der Waals surface area contributed by atoms with E-state index in [0.29, 0.717) is 0 Å². The van der Waals surface area contributed by atoms with Crippen molar-refractivity contribution in [2.45, 2.75) is 62.3 Å². The van der Waals surface area contributed by atoms with Crippen molar-refractivity contribution < 1.29 is 21.1 Å². The Balaban J connectivity index is -0.000000116. The Morgan fingerprint density at radius 2 is 0.955 bits per heavy atom. The third-order valence-electron chi connectivity index (χ3n) is 3.05. The molecule has 0 heterocycles. The Bertz CT molecular complexity index is 175. The summed E-state index contributed by atoms with van der Waals surface area (Å²) in [5.74, 6) is 7.34. The van der Waals surface area contributed by atoms with Crippen LogP contribution in [0.25, 0.3) is 0 Å². The van der Waals surface area contributed by atoms with Gasteiger partial charge in [0.05, 0.1) is 0 Å². The molecule has 1 saturated carbocycles. The number of nitrogens with zero attached hydrogens (tertiary/aromatic N) is 1. The average Bonchev–Trinajstić information content (AvgIpc) is 2.58. The first-order valence-electron chi connectivity index (χ1n) is 7.11. The van der Waals surface area contributed by atoms with Crippen LogP contribution in [-0.2, 0) is 21.1 Å². The molecule has 22 heavy (non-hydrogen) atoms. The zero-order chi connectivity index (χ0) is 17.8. The SMILES string of the molecule is C[C]1[C](C)[C](C)[C](C)[C]1C.[CH2-]C(C)(C)C.[CH2][CH][CH]C.[N]=O.[W+2]. The maximum absolute atomic E-state index is 7.25. The van der Waals surface area contributed by atoms with Gasteiger partial charge in [0.2, 0.25) is 0 Å². The Labute approximate surface area is 155 Å². The topological polar surface area (TPSA) is 39.4 Å². The molecule has 0 bridgehead atoms. The van der Waals surface area contributed by atoms with Gasteiger partial charge in [0.15, 0.2) is 0 Å². The van der Waals surface area contributed by atoms with Crippen LogP contribution >= 0.6 is 0 Å². The van der Waals surface area contributed by atoms with Crippen molar-refractivity contribution in [3.63, 3.8) is 0 Å². The summed E-state index contributed by atoms with van der Waals surface area (Å²) in [4.78, 5) is 7.25. The van der Waals surface area contributed by atoms with E-state index in [4.69, 9.17) is 10.5 Å². The summed E-state index contributed by atoms with van der Waals surface area (Å²) in [5.41, 5.74) is 6.00. The zero-order valence-electron chi connectivity index (χ0n) is 15.8. The van der Waals surface area contributed by atoms with Crippen molar-refractivity contribution in [1.29, 1.82) is 0 Å². The van der Waals surface area contributed by atoms with Crippen LogP contribution in [0.3, 0.4) is 0 Å². The molecule has 0 aromatic heterocycles. The Hall–Kier alpha value is 0.288. The zero-order valence-corrected chi connectivity index (χ0v) is 18.8. The molecule has 2 nitrogen and oxygen atoms in total. The van der Waals surface area contributed by atoms with Crippen LogP contribution in [0.1, 0.15) is 62.3 Å². The largest absolute Gasteiger partial charge is 2.00 e. The molecule has 1 rings (SSSR count). The number of hydrogen-bond acceptors (Lipinski definition) is 1. The van der Waals surface area contributed by atoms with E-state index in [-0.39, 0.29) is 26.5 Å². The molecule has 0 aromatic rings. The second-order valence-corrected chi connectivity index (χ2v) is 6.25. The molecule has 0 aromatic carbocycles. The van der Waals surface area contributed by atoms with Gasteiger partial charge in [-0.3, -0.25) is 0 Å². The molecule has 0 saturated heterocycles. The minimum absolute atomic E-state index is 0. The van der Waals surface area contributed by atoms with Crippen molar-refractivity contribution in [2.75, 3.05) is 0 Å². The first kappa shape index (κ1) is 30.2. The van der Waals surface area contributed by atoms with E-state index in [2.05, 4.69) is 69.2 Å². The minimum atomic E-state index is 0. The maximum Gasteiger partial charge on any atom is 2.00 e. The summed E-state index contributed by atoms with van der Waals surface area (Å²) < 4.78 is 0. The normalized spacial score (nSPS) is 17.2. The molecule has 1 fully saturated rings. The van der Waals surface area contributed by atoms with Crippen LogP contribution in [0, 0.1) is 66.6 Å². The van der Waals surface area contributed by atoms with Crippen LogP contribution in [0.4, 0.5) is 0 Å². The second-order valence-electron chi connectivity index (χ2n) is 6.25. The fraction of sp³-hybridized carbons (Fsp3) is 0.526. The molecule has 0 atom stereocenters. The van der Waals surface area contributed by atoms with Gasteiger partial charge >= 0.3 is 21.1 Å². The van der Waals surface area contributed by atoms with Crippen molar-refractivity contribution in [3.05, 3.63) is 61.2 Å². The summed E-state index contributed by atoms with van der Waals surface area (Å²) >= 11 is 0. The summed E-state index contributed by atoms with van der Waals surface area (Å²) in [7, 11) is 0. The number of hydrogen-bond donors (Lipinski definition) is 0. The van der Waals surface area contributed by atoms with Crippen molar-refractivity contribution in [1.82, 2.24) is 5.59 Å². The van der Waals surface area contributed by atoms with Gasteiger partial charge in [0.25, 0.3) is 0 Å². The van der Waals surface area contributed by atoms with Gasteiger partial charge in [-0.2, -0.15) is 5.41 Å². The standard InChI is InChI=1S/C10H15.C5H11.C4H7.NO.W/c1-6-7(2)9(4)10(5)8(6)3;1-5(2,3)4;1-3-4-2;1-2;/h1-5H3;1H2,2-4H3;3-4H,1H2,2H3;;/q;-1;;;+2. The van der Waals surface area contributed by atoms with Gasteiger partial charge in [0, 0.05) is 0 Å². The molecule has 0 unspecified atom stereocenters. The third kappa shape index (κ3) is 16.7. The molecule has 3 heteroatoms. The Morgan fingerprint density at radius 3 is 1.00 bits per heavy atom. The molecule has 9 radical (unpaired) electrons. The van der Waals surface area contributed by atoms with Crippen LogP contribution in [0.2, 0.25) is 0 Å². The van der Waals surface area contributed by atoms with Gasteiger partial charge in [-0.15, -0.1) is 4.91 Å². The molecule has 0 aliphatic heterocycles. The molecule has 1 aliphatic rings. The fourth-order valence-corrected chi connectivity index (χ4v) is 1.41. The van der Waals surface area contributed by atoms with Gasteiger partial charge in [-0.05, 0) is 49.4 Å². The van der Waals surface area contributed by atoms with Crippen molar-refractivity contribution >= 4 is 0 Å². The van der Waals surface area contributed by atoms with Crippen LogP contribution < -0.4 is 5.59 Å². The first-order chi connectivity index (χ1) is 9.47. The summed E-state index contributed by atoms with van der Waals surface area (Å²) in [5, 5.41) is 0. The first-order valence-corrected chi connectivity index (χ1v) is 7.11. The summed E-state index contributed by atoms with van der Waals surface area (Å²) in [6.45, 7) is 26.4. The second kappa shape index (κ2) is 16.2. The van der Waals surface area contributed by atoms with Gasteiger partial charge in [-0.1, -0.05) is 62.3 Å². The molecular weight excluding hydrogens is 442 g/mol. The fourth-order valence-electron chi connectivity index (χ4n) is 1.41. The number of nitroso groups, excluding NO2 is 1. The van der Waals surface area contributed by atoms with E-state index in [1.807, 2.05) is 13.3 Å². The molecule has 125 valence electrons. The van der Waals surface area contributed by atoms with E-state index in [1.165, 1.54) is 29.6 Å². The summed E-state index contributed by atoms with van der Waals surface area (Å²) in [6, 6.07) is 0. The van der Waals surface area contributed by atoms with Gasteiger partial charge < -0.3 is 6.92 Å². The monoisotopic (exact) mass is 475 g/mol. The van der Waals surface area contributed by atoms with E-state index in [1.54, 1.807) is 6.42 Å².